The number of anilines is 1. The zero-order valence-electron chi connectivity index (χ0n) is 18.1. The Hall–Kier alpha value is -4.46. The average Bonchev–Trinajstić information content (AvgIpc) is 3.12. The molecule has 0 aliphatic carbocycles. The molecule has 1 aliphatic heterocycles. The molecule has 1 heterocycles. The van der Waals surface area contributed by atoms with E-state index in [-0.39, 0.29) is 18.2 Å². The first-order valence-electron chi connectivity index (χ1n) is 10.2. The normalized spacial score (nSPS) is 14.4. The van der Waals surface area contributed by atoms with Gasteiger partial charge >= 0.3 is 0 Å². The molecule has 0 bridgehead atoms. The van der Waals surface area contributed by atoms with Crippen LogP contribution in [-0.2, 0) is 11.4 Å². The lowest BCUT2D eigenvalue weighted by Gasteiger charge is -2.14. The number of carbonyl (C=O) groups excluding carboxylic acids is 1. The summed E-state index contributed by atoms with van der Waals surface area (Å²) < 4.78 is 11.5. The summed E-state index contributed by atoms with van der Waals surface area (Å²) in [5.41, 5.74) is 3.16. The summed E-state index contributed by atoms with van der Waals surface area (Å²) in [6.45, 7) is 1.95. The van der Waals surface area contributed by atoms with Crippen LogP contribution in [0.15, 0.2) is 83.5 Å². The first-order valence-corrected chi connectivity index (χ1v) is 10.2. The molecule has 166 valence electrons. The Morgan fingerprint density at radius 3 is 2.42 bits per heavy atom. The van der Waals surface area contributed by atoms with Crippen LogP contribution >= 0.6 is 0 Å². The van der Waals surface area contributed by atoms with E-state index in [1.807, 2.05) is 42.5 Å². The Labute approximate surface area is 190 Å². The summed E-state index contributed by atoms with van der Waals surface area (Å²) >= 11 is 0. The molecular formula is C25H21N3O5. The maximum atomic E-state index is 13.1. The van der Waals surface area contributed by atoms with Crippen molar-refractivity contribution in [2.24, 2.45) is 5.10 Å². The van der Waals surface area contributed by atoms with Crippen molar-refractivity contribution in [2.75, 3.05) is 12.1 Å². The van der Waals surface area contributed by atoms with Gasteiger partial charge in [0.05, 0.1) is 29.0 Å². The maximum Gasteiger partial charge on any atom is 0.280 e. The Kier molecular flexibility index (Phi) is 6.17. The van der Waals surface area contributed by atoms with E-state index in [1.54, 1.807) is 31.2 Å². The maximum absolute atomic E-state index is 13.1. The predicted molar refractivity (Wildman–Crippen MR) is 125 cm³/mol. The van der Waals surface area contributed by atoms with E-state index >= 15 is 0 Å². The van der Waals surface area contributed by atoms with Crippen LogP contribution in [0.2, 0.25) is 0 Å². The van der Waals surface area contributed by atoms with Crippen molar-refractivity contribution in [1.82, 2.24) is 0 Å². The standard InChI is InChI=1S/C25H21N3O5/c1-17-22(25(29)27(26-17)20-8-4-3-5-9-20)15-19-7-6-10-23(32-2)24(19)33-16-18-11-13-21(14-12-18)28(30)31/h3-15H,16H2,1-2H3. The molecule has 3 aromatic rings. The van der Waals surface area contributed by atoms with Gasteiger partial charge in [0.25, 0.3) is 11.6 Å². The van der Waals surface area contributed by atoms with E-state index in [0.29, 0.717) is 34.0 Å². The highest BCUT2D eigenvalue weighted by Crippen LogP contribution is 2.35. The number of ether oxygens (including phenoxy) is 2. The minimum atomic E-state index is -0.448. The molecule has 0 saturated carbocycles. The molecular weight excluding hydrogens is 422 g/mol. The van der Waals surface area contributed by atoms with E-state index in [4.69, 9.17) is 9.47 Å². The van der Waals surface area contributed by atoms with Crippen molar-refractivity contribution < 1.29 is 19.2 Å². The highest BCUT2D eigenvalue weighted by atomic mass is 16.6. The number of hydrogen-bond donors (Lipinski definition) is 0. The van der Waals surface area contributed by atoms with Crippen molar-refractivity contribution >= 4 is 29.1 Å². The van der Waals surface area contributed by atoms with Crippen LogP contribution in [0.25, 0.3) is 6.08 Å². The lowest BCUT2D eigenvalue weighted by atomic mass is 10.1. The molecule has 3 aromatic carbocycles. The third-order valence-electron chi connectivity index (χ3n) is 5.12. The topological polar surface area (TPSA) is 94.3 Å². The van der Waals surface area contributed by atoms with Gasteiger partial charge in [0.2, 0.25) is 0 Å². The molecule has 0 N–H and O–H groups in total. The van der Waals surface area contributed by atoms with Crippen LogP contribution < -0.4 is 14.5 Å². The monoisotopic (exact) mass is 443 g/mol. The van der Waals surface area contributed by atoms with Gasteiger partial charge in [0.1, 0.15) is 6.61 Å². The number of hydrazone groups is 1. The molecule has 8 nitrogen and oxygen atoms in total. The van der Waals surface area contributed by atoms with Crippen LogP contribution in [0.5, 0.6) is 11.5 Å². The van der Waals surface area contributed by atoms with Crippen molar-refractivity contribution in [2.45, 2.75) is 13.5 Å². The molecule has 33 heavy (non-hydrogen) atoms. The first kappa shape index (κ1) is 21.8. The number of para-hydroxylation sites is 2. The van der Waals surface area contributed by atoms with Crippen molar-refractivity contribution in [1.29, 1.82) is 0 Å². The van der Waals surface area contributed by atoms with Crippen molar-refractivity contribution in [3.8, 4) is 11.5 Å². The third-order valence-corrected chi connectivity index (χ3v) is 5.12. The molecule has 8 heteroatoms. The largest absolute Gasteiger partial charge is 0.493 e. The molecule has 4 rings (SSSR count). The van der Waals surface area contributed by atoms with Crippen LogP contribution in [-0.4, -0.2) is 23.7 Å². The Balaban J connectivity index is 1.62. The van der Waals surface area contributed by atoms with Gasteiger partial charge in [-0.2, -0.15) is 10.1 Å². The second-order valence-corrected chi connectivity index (χ2v) is 7.29. The van der Waals surface area contributed by atoms with Gasteiger partial charge < -0.3 is 9.47 Å². The molecule has 0 unspecified atom stereocenters. The fourth-order valence-corrected chi connectivity index (χ4v) is 3.42. The Morgan fingerprint density at radius 1 is 1.03 bits per heavy atom. The zero-order chi connectivity index (χ0) is 23.4. The van der Waals surface area contributed by atoms with Gasteiger partial charge in [-0.1, -0.05) is 30.3 Å². The number of hydrogen-bond acceptors (Lipinski definition) is 6. The number of carbonyl (C=O) groups is 1. The number of rotatable bonds is 7. The molecule has 0 saturated heterocycles. The first-order chi connectivity index (χ1) is 16.0. The highest BCUT2D eigenvalue weighted by molar-refractivity contribution is 6.32. The molecule has 0 fully saturated rings. The van der Waals surface area contributed by atoms with Crippen molar-refractivity contribution in [3.63, 3.8) is 0 Å². The van der Waals surface area contributed by atoms with Crippen LogP contribution in [0.4, 0.5) is 11.4 Å². The smallest absolute Gasteiger partial charge is 0.280 e. The summed E-state index contributed by atoms with van der Waals surface area (Å²) in [6, 6.07) is 20.8. The van der Waals surface area contributed by atoms with Gasteiger partial charge in [-0.3, -0.25) is 14.9 Å². The minimum absolute atomic E-state index is 0.0129. The summed E-state index contributed by atoms with van der Waals surface area (Å²) in [5, 5.41) is 16.6. The molecule has 0 aromatic heterocycles. The number of methoxy groups -OCH3 is 1. The number of non-ortho nitro benzene ring substituents is 1. The second kappa shape index (κ2) is 9.35. The fraction of sp³-hybridized carbons (Fsp3) is 0.120. The molecule has 0 spiro atoms. The fourth-order valence-electron chi connectivity index (χ4n) is 3.42. The van der Waals surface area contributed by atoms with E-state index in [0.717, 1.165) is 5.56 Å². The van der Waals surface area contributed by atoms with E-state index < -0.39 is 4.92 Å². The van der Waals surface area contributed by atoms with Gasteiger partial charge in [-0.05, 0) is 48.9 Å². The van der Waals surface area contributed by atoms with E-state index in [2.05, 4.69) is 5.10 Å². The molecule has 1 amide bonds. The average molecular weight is 443 g/mol. The number of benzene rings is 3. The quantitative estimate of drug-likeness (QED) is 0.291. The van der Waals surface area contributed by atoms with E-state index in [1.165, 1.54) is 24.3 Å². The summed E-state index contributed by atoms with van der Waals surface area (Å²) in [6.07, 6.45) is 1.73. The van der Waals surface area contributed by atoms with E-state index in [9.17, 15) is 14.9 Å². The third kappa shape index (κ3) is 4.59. The van der Waals surface area contributed by atoms with Crippen LogP contribution in [0.1, 0.15) is 18.1 Å². The van der Waals surface area contributed by atoms with Gasteiger partial charge in [0.15, 0.2) is 11.5 Å². The number of amides is 1. The Bertz CT molecular complexity index is 1250. The highest BCUT2D eigenvalue weighted by Gasteiger charge is 2.29. The van der Waals surface area contributed by atoms with Crippen molar-refractivity contribution in [3.05, 3.63) is 99.6 Å². The Morgan fingerprint density at radius 2 is 1.76 bits per heavy atom. The number of nitrogens with zero attached hydrogens (tertiary/aromatic N) is 3. The molecule has 0 atom stereocenters. The van der Waals surface area contributed by atoms with Crippen LogP contribution in [0.3, 0.4) is 0 Å². The second-order valence-electron chi connectivity index (χ2n) is 7.29. The van der Waals surface area contributed by atoms with Crippen LogP contribution in [0, 0.1) is 10.1 Å². The summed E-state index contributed by atoms with van der Waals surface area (Å²) in [5.74, 6) is 0.735. The summed E-state index contributed by atoms with van der Waals surface area (Å²) in [7, 11) is 1.54. The summed E-state index contributed by atoms with van der Waals surface area (Å²) in [4.78, 5) is 23.5. The predicted octanol–water partition coefficient (Wildman–Crippen LogP) is 4.99. The lowest BCUT2D eigenvalue weighted by molar-refractivity contribution is -0.384. The van der Waals surface area contributed by atoms with Gasteiger partial charge in [0, 0.05) is 17.7 Å². The molecule has 0 radical (unpaired) electrons. The SMILES string of the molecule is COc1cccc(C=C2C(=O)N(c3ccccc3)N=C2C)c1OCc1ccc([N+](=O)[O-])cc1. The zero-order valence-corrected chi connectivity index (χ0v) is 18.1. The lowest BCUT2D eigenvalue weighted by Crippen LogP contribution is -2.21. The van der Waals surface area contributed by atoms with Gasteiger partial charge in [-0.15, -0.1) is 0 Å². The number of nitro groups is 1. The number of nitro benzene ring substituents is 1. The minimum Gasteiger partial charge on any atom is -0.493 e. The van der Waals surface area contributed by atoms with Gasteiger partial charge in [-0.25, -0.2) is 0 Å². The molecule has 1 aliphatic rings.